The Hall–Kier alpha value is -2.75. The lowest BCUT2D eigenvalue weighted by atomic mass is 9.76. The van der Waals surface area contributed by atoms with E-state index >= 15 is 0 Å². The van der Waals surface area contributed by atoms with Gasteiger partial charge in [-0.05, 0) is 67.1 Å². The Balaban J connectivity index is 1.63. The molecule has 1 aliphatic carbocycles. The second-order valence-corrected chi connectivity index (χ2v) is 8.55. The van der Waals surface area contributed by atoms with Crippen LogP contribution in [0.1, 0.15) is 60.1 Å². The Labute approximate surface area is 174 Å². The van der Waals surface area contributed by atoms with Gasteiger partial charge in [-0.25, -0.2) is 0 Å². The maximum atomic E-state index is 12.6. The number of rotatable bonds is 5. The SMILES string of the molecule is CCC(C)NC(=O)c1ccc2c(c1)C1C=CCC1C(c1ccc(N(C)C)cc1)N2. The van der Waals surface area contributed by atoms with E-state index in [1.54, 1.807) is 0 Å². The van der Waals surface area contributed by atoms with Crippen molar-refractivity contribution in [3.05, 3.63) is 71.3 Å². The third kappa shape index (κ3) is 3.76. The predicted molar refractivity (Wildman–Crippen MR) is 121 cm³/mol. The fourth-order valence-electron chi connectivity index (χ4n) is 4.45. The first-order valence-electron chi connectivity index (χ1n) is 10.6. The van der Waals surface area contributed by atoms with Gasteiger partial charge in [0.15, 0.2) is 0 Å². The van der Waals surface area contributed by atoms with E-state index in [0.29, 0.717) is 11.8 Å². The van der Waals surface area contributed by atoms with Crippen molar-refractivity contribution >= 4 is 17.3 Å². The monoisotopic (exact) mass is 389 g/mol. The van der Waals surface area contributed by atoms with Gasteiger partial charge in [-0.3, -0.25) is 4.79 Å². The third-order valence-electron chi connectivity index (χ3n) is 6.38. The van der Waals surface area contributed by atoms with Gasteiger partial charge in [-0.1, -0.05) is 31.2 Å². The quantitative estimate of drug-likeness (QED) is 0.699. The van der Waals surface area contributed by atoms with Crippen LogP contribution in [0, 0.1) is 5.92 Å². The van der Waals surface area contributed by atoms with Crippen molar-refractivity contribution in [3.8, 4) is 0 Å². The molecule has 0 radical (unpaired) electrons. The van der Waals surface area contributed by atoms with E-state index in [2.05, 4.69) is 85.1 Å². The van der Waals surface area contributed by atoms with E-state index in [-0.39, 0.29) is 18.0 Å². The maximum Gasteiger partial charge on any atom is 0.251 e. The van der Waals surface area contributed by atoms with Crippen LogP contribution in [-0.2, 0) is 0 Å². The number of anilines is 2. The number of benzene rings is 2. The van der Waals surface area contributed by atoms with Gasteiger partial charge in [0.1, 0.15) is 0 Å². The number of carbonyl (C=O) groups is 1. The molecule has 0 spiro atoms. The predicted octanol–water partition coefficient (Wildman–Crippen LogP) is 5.11. The lowest BCUT2D eigenvalue weighted by molar-refractivity contribution is 0.0939. The van der Waals surface area contributed by atoms with Crippen molar-refractivity contribution < 1.29 is 4.79 Å². The van der Waals surface area contributed by atoms with Gasteiger partial charge < -0.3 is 15.5 Å². The molecule has 0 saturated carbocycles. The summed E-state index contributed by atoms with van der Waals surface area (Å²) in [6.07, 6.45) is 6.60. The zero-order chi connectivity index (χ0) is 20.5. The Morgan fingerprint density at radius 3 is 2.66 bits per heavy atom. The molecule has 2 aliphatic rings. The highest BCUT2D eigenvalue weighted by atomic mass is 16.1. The third-order valence-corrected chi connectivity index (χ3v) is 6.38. The normalized spacial score (nSPS) is 23.0. The van der Waals surface area contributed by atoms with Crippen molar-refractivity contribution in [2.24, 2.45) is 5.92 Å². The fourth-order valence-corrected chi connectivity index (χ4v) is 4.45. The van der Waals surface area contributed by atoms with Crippen LogP contribution in [0.3, 0.4) is 0 Å². The molecule has 4 rings (SSSR count). The number of hydrogen-bond donors (Lipinski definition) is 2. The largest absolute Gasteiger partial charge is 0.378 e. The molecule has 4 nitrogen and oxygen atoms in total. The number of hydrogen-bond acceptors (Lipinski definition) is 3. The molecule has 4 unspecified atom stereocenters. The van der Waals surface area contributed by atoms with Gasteiger partial charge in [-0.15, -0.1) is 0 Å². The summed E-state index contributed by atoms with van der Waals surface area (Å²) in [5.74, 6) is 0.837. The Morgan fingerprint density at radius 1 is 1.21 bits per heavy atom. The highest BCUT2D eigenvalue weighted by Gasteiger charge is 2.38. The molecule has 2 aromatic carbocycles. The van der Waals surface area contributed by atoms with Gasteiger partial charge in [0.2, 0.25) is 0 Å². The molecule has 4 heteroatoms. The molecule has 152 valence electrons. The lowest BCUT2D eigenvalue weighted by Crippen LogP contribution is -2.33. The molecule has 2 N–H and O–H groups in total. The number of carbonyl (C=O) groups excluding carboxylic acids is 1. The van der Waals surface area contributed by atoms with Gasteiger partial charge in [0.05, 0.1) is 6.04 Å². The van der Waals surface area contributed by atoms with Crippen LogP contribution in [0.5, 0.6) is 0 Å². The van der Waals surface area contributed by atoms with Crippen LogP contribution in [0.4, 0.5) is 11.4 Å². The smallest absolute Gasteiger partial charge is 0.251 e. The van der Waals surface area contributed by atoms with Gasteiger partial charge in [0.25, 0.3) is 5.91 Å². The second kappa shape index (κ2) is 7.94. The van der Waals surface area contributed by atoms with Crippen molar-refractivity contribution in [3.63, 3.8) is 0 Å². The number of nitrogens with one attached hydrogen (secondary N) is 2. The molecule has 1 aliphatic heterocycles. The summed E-state index contributed by atoms with van der Waals surface area (Å²) in [5.41, 5.74) is 5.65. The molecule has 29 heavy (non-hydrogen) atoms. The highest BCUT2D eigenvalue weighted by molar-refractivity contribution is 5.95. The fraction of sp³-hybridized carbons (Fsp3) is 0.400. The minimum Gasteiger partial charge on any atom is -0.378 e. The van der Waals surface area contributed by atoms with Crippen LogP contribution in [0.25, 0.3) is 0 Å². The van der Waals surface area contributed by atoms with Crippen LogP contribution in [0.15, 0.2) is 54.6 Å². The average Bonchev–Trinajstić information content (AvgIpc) is 3.23. The molecule has 1 amide bonds. The molecule has 2 aromatic rings. The lowest BCUT2D eigenvalue weighted by Gasteiger charge is -2.38. The summed E-state index contributed by atoms with van der Waals surface area (Å²) in [7, 11) is 4.13. The molecular formula is C25H31N3O. The van der Waals surface area contributed by atoms with Crippen molar-refractivity contribution in [2.75, 3.05) is 24.3 Å². The molecule has 0 saturated heterocycles. The van der Waals surface area contributed by atoms with E-state index < -0.39 is 0 Å². The summed E-state index contributed by atoms with van der Waals surface area (Å²) in [5, 5.41) is 6.85. The summed E-state index contributed by atoms with van der Waals surface area (Å²) in [6, 6.07) is 15.4. The molecular weight excluding hydrogens is 358 g/mol. The van der Waals surface area contributed by atoms with Crippen LogP contribution >= 0.6 is 0 Å². The average molecular weight is 390 g/mol. The topological polar surface area (TPSA) is 44.4 Å². The van der Waals surface area contributed by atoms with Crippen LogP contribution in [0.2, 0.25) is 0 Å². The number of allylic oxidation sites excluding steroid dienone is 2. The van der Waals surface area contributed by atoms with E-state index in [9.17, 15) is 4.79 Å². The summed E-state index contributed by atoms with van der Waals surface area (Å²) in [4.78, 5) is 14.7. The van der Waals surface area contributed by atoms with E-state index in [4.69, 9.17) is 0 Å². The first-order chi connectivity index (χ1) is 14.0. The zero-order valence-electron chi connectivity index (χ0n) is 17.8. The van der Waals surface area contributed by atoms with Crippen molar-refractivity contribution in [1.82, 2.24) is 5.32 Å². The minimum absolute atomic E-state index is 0.0158. The van der Waals surface area contributed by atoms with Gasteiger partial charge in [0, 0.05) is 43.0 Å². The van der Waals surface area contributed by atoms with Crippen molar-refractivity contribution in [1.29, 1.82) is 0 Å². The Morgan fingerprint density at radius 2 is 1.97 bits per heavy atom. The Kier molecular flexibility index (Phi) is 5.35. The number of amides is 1. The first-order valence-corrected chi connectivity index (χ1v) is 10.6. The molecule has 0 bridgehead atoms. The summed E-state index contributed by atoms with van der Waals surface area (Å²) < 4.78 is 0. The summed E-state index contributed by atoms with van der Waals surface area (Å²) >= 11 is 0. The van der Waals surface area contributed by atoms with E-state index in [1.807, 2.05) is 13.0 Å². The molecule has 0 fully saturated rings. The summed E-state index contributed by atoms with van der Waals surface area (Å²) in [6.45, 7) is 4.13. The van der Waals surface area contributed by atoms with Crippen LogP contribution in [-0.4, -0.2) is 26.0 Å². The highest BCUT2D eigenvalue weighted by Crippen LogP contribution is 2.50. The van der Waals surface area contributed by atoms with Gasteiger partial charge >= 0.3 is 0 Å². The maximum absolute atomic E-state index is 12.6. The van der Waals surface area contributed by atoms with Crippen LogP contribution < -0.4 is 15.5 Å². The first kappa shape index (κ1) is 19.6. The minimum atomic E-state index is 0.0158. The number of nitrogens with zero attached hydrogens (tertiary/aromatic N) is 1. The molecule has 4 atom stereocenters. The van der Waals surface area contributed by atoms with Gasteiger partial charge in [-0.2, -0.15) is 0 Å². The molecule has 1 heterocycles. The zero-order valence-corrected chi connectivity index (χ0v) is 17.8. The molecule has 0 aromatic heterocycles. The van der Waals surface area contributed by atoms with Crippen molar-refractivity contribution in [2.45, 2.75) is 44.7 Å². The number of fused-ring (bicyclic) bond motifs is 3. The second-order valence-electron chi connectivity index (χ2n) is 8.55. The van der Waals surface area contributed by atoms with E-state index in [1.165, 1.54) is 16.8 Å². The Bertz CT molecular complexity index is 916. The standard InChI is InChI=1S/C25H31N3O/c1-5-16(2)26-25(29)18-11-14-23-22(15-18)20-7-6-8-21(20)24(27-23)17-9-12-19(13-10-17)28(3)4/h6-7,9-16,20-21,24,27H,5,8H2,1-4H3,(H,26,29). The van der Waals surface area contributed by atoms with E-state index in [0.717, 1.165) is 24.1 Å².